The van der Waals surface area contributed by atoms with Gasteiger partial charge in [-0.3, -0.25) is 0 Å². The van der Waals surface area contributed by atoms with E-state index in [9.17, 15) is 0 Å². The molecule has 0 unspecified atom stereocenters. The quantitative estimate of drug-likeness (QED) is 0.381. The first-order chi connectivity index (χ1) is 1.00. The number of hydrogen-bond donors (Lipinski definition) is 0. The van der Waals surface area contributed by atoms with E-state index in [4.69, 9.17) is 0 Å². The Labute approximate surface area is 67.7 Å². The summed E-state index contributed by atoms with van der Waals surface area (Å²) < 4.78 is 0. The van der Waals surface area contributed by atoms with Crippen LogP contribution >= 0.6 is 22.2 Å². The molecule has 0 saturated heterocycles. The van der Waals surface area contributed by atoms with Crippen molar-refractivity contribution in [2.45, 2.75) is 0 Å². The first-order valence-corrected chi connectivity index (χ1v) is 1.13. The fraction of sp³-hybridized carbons (Fsp3) is 0. The number of rotatable bonds is 0. The van der Waals surface area contributed by atoms with Gasteiger partial charge >= 0.3 is 56.1 Å². The Morgan fingerprint density at radius 3 is 1.25 bits per heavy atom. The number of halogens is 2. The van der Waals surface area contributed by atoms with E-state index >= 15 is 0 Å². The zero-order chi connectivity index (χ0) is 2.00. The van der Waals surface area contributed by atoms with E-state index in [1.165, 1.54) is 16.7 Å². The normalized spacial score (nSPS) is 1.75. The molecule has 0 heterocycles. The van der Waals surface area contributed by atoms with Crippen LogP contribution in [0.1, 0.15) is 0 Å². The second kappa shape index (κ2) is 19.1. The molecule has 0 aromatic heterocycles. The van der Waals surface area contributed by atoms with Gasteiger partial charge in [-0.15, -0.1) is 12.4 Å². The van der Waals surface area contributed by atoms with Crippen LogP contribution in [0.3, 0.4) is 0 Å². The molecule has 0 aliphatic rings. The summed E-state index contributed by atoms with van der Waals surface area (Å²) in [4.78, 5) is 0. The minimum absolute atomic E-state index is 0. The van der Waals surface area contributed by atoms with Crippen molar-refractivity contribution in [1.29, 1.82) is 0 Å². The third kappa shape index (κ3) is 8.90. The maximum absolute atomic E-state index is 4.64. The molecule has 0 aromatic rings. The summed E-state index contributed by atoms with van der Waals surface area (Å²) in [5.41, 5.74) is 0. The van der Waals surface area contributed by atoms with Crippen molar-refractivity contribution < 1.29 is 0 Å². The van der Waals surface area contributed by atoms with Crippen molar-refractivity contribution in [3.63, 3.8) is 0 Å². The molecule has 0 aliphatic carbocycles. The van der Waals surface area contributed by atoms with Crippen molar-refractivity contribution in [3.05, 3.63) is 0 Å². The van der Waals surface area contributed by atoms with Crippen molar-refractivity contribution in [3.8, 4) is 0 Å². The SMILES string of the molecule is Cl.[Li][Cl].[NaH]. The average molecular weight is 103 g/mol. The van der Waals surface area contributed by atoms with Gasteiger partial charge in [0, 0.05) is 0 Å². The fourth-order valence-electron chi connectivity index (χ4n) is 0. The van der Waals surface area contributed by atoms with Gasteiger partial charge in [-0.1, -0.05) is 0 Å². The van der Waals surface area contributed by atoms with Crippen molar-refractivity contribution in [2.24, 2.45) is 0 Å². The van der Waals surface area contributed by atoms with E-state index in [0.29, 0.717) is 0 Å². The Hall–Kier alpha value is 2.18. The van der Waals surface area contributed by atoms with Crippen LogP contribution in [-0.2, 0) is 0 Å². The molecule has 0 saturated carbocycles. The van der Waals surface area contributed by atoms with Gasteiger partial charge < -0.3 is 0 Å². The Bertz CT molecular complexity index is 6.00. The molecule has 4 heavy (non-hydrogen) atoms. The van der Waals surface area contributed by atoms with Crippen LogP contribution < -0.4 is 0 Å². The molecule has 0 spiro atoms. The Morgan fingerprint density at radius 2 is 1.25 bits per heavy atom. The summed E-state index contributed by atoms with van der Waals surface area (Å²) in [6.45, 7) is 0. The maximum atomic E-state index is 4.64. The summed E-state index contributed by atoms with van der Waals surface area (Å²) in [6.07, 6.45) is 0. The predicted molar refractivity (Wildman–Crippen MR) is 26.0 cm³/mol. The third-order valence-electron chi connectivity index (χ3n) is 0. The Balaban J connectivity index is -0.00000000500. The molecule has 0 radical (unpaired) electrons. The summed E-state index contributed by atoms with van der Waals surface area (Å²) in [5.74, 6) is 0. The van der Waals surface area contributed by atoms with Crippen LogP contribution in [0.2, 0.25) is 0 Å². The molecular weight excluding hydrogens is 101 g/mol. The molecule has 0 amide bonds. The van der Waals surface area contributed by atoms with Crippen LogP contribution in [0.5, 0.6) is 0 Å². The van der Waals surface area contributed by atoms with E-state index in [2.05, 4.69) is 9.80 Å². The molecule has 18 valence electrons. The van der Waals surface area contributed by atoms with Gasteiger partial charge in [0.1, 0.15) is 0 Å². The molecule has 0 atom stereocenters. The van der Waals surface area contributed by atoms with Crippen LogP contribution in [0.4, 0.5) is 0 Å². The van der Waals surface area contributed by atoms with Crippen LogP contribution in [0.25, 0.3) is 0 Å². The van der Waals surface area contributed by atoms with Gasteiger partial charge in [0.05, 0.1) is 0 Å². The second-order valence-electron chi connectivity index (χ2n) is 0. The van der Waals surface area contributed by atoms with Crippen molar-refractivity contribution in [2.75, 3.05) is 0 Å². The summed E-state index contributed by atoms with van der Waals surface area (Å²) >= 11 is 1.47. The first kappa shape index (κ1) is 16.4. The van der Waals surface area contributed by atoms with Crippen molar-refractivity contribution >= 4 is 68.5 Å². The van der Waals surface area contributed by atoms with E-state index in [1.807, 2.05) is 0 Å². The predicted octanol–water partition coefficient (Wildman–Crippen LogP) is 0.0820. The van der Waals surface area contributed by atoms with E-state index in [0.717, 1.165) is 0 Å². The van der Waals surface area contributed by atoms with Crippen LogP contribution in [0, 0.1) is 0 Å². The monoisotopic (exact) mass is 102 g/mol. The molecule has 0 rings (SSSR count). The van der Waals surface area contributed by atoms with Gasteiger partial charge in [-0.25, -0.2) is 0 Å². The Kier molecular flexibility index (Phi) is 78.1. The summed E-state index contributed by atoms with van der Waals surface area (Å²) in [5, 5.41) is 0. The second-order valence-corrected chi connectivity index (χ2v) is 0. The van der Waals surface area contributed by atoms with E-state index in [1.54, 1.807) is 0 Å². The average Bonchev–Trinajstić information content (AvgIpc) is 1.00. The standard InChI is InChI=1S/2ClH.Li.Na.H/h2*1H;;;/q;;+1;;/p-1. The molecule has 0 N–H and O–H groups in total. The minimum atomic E-state index is 0. The zero-order valence-corrected chi connectivity index (χ0v) is 3.36. The fourth-order valence-corrected chi connectivity index (χ4v) is 0. The van der Waals surface area contributed by atoms with E-state index in [-0.39, 0.29) is 42.0 Å². The molecule has 4 heteroatoms. The van der Waals surface area contributed by atoms with Gasteiger partial charge in [-0.2, -0.15) is 0 Å². The van der Waals surface area contributed by atoms with Crippen LogP contribution in [0.15, 0.2) is 0 Å². The molecule has 0 aliphatic heterocycles. The third-order valence-corrected chi connectivity index (χ3v) is 0. The molecule has 0 fully saturated rings. The van der Waals surface area contributed by atoms with Gasteiger partial charge in [0.25, 0.3) is 0 Å². The first-order valence-electron chi connectivity index (χ1n) is 0.378. The molecule has 0 bridgehead atoms. The summed E-state index contributed by atoms with van der Waals surface area (Å²) in [7, 11) is 4.64. The molecule has 0 nitrogen and oxygen atoms in total. The van der Waals surface area contributed by atoms with Crippen LogP contribution in [-0.4, -0.2) is 46.3 Å². The molecular formula is H2Cl2LiNa. The topological polar surface area (TPSA) is 0 Å². The zero-order valence-electron chi connectivity index (χ0n) is 1.79. The summed E-state index contributed by atoms with van der Waals surface area (Å²) in [6, 6.07) is 0. The van der Waals surface area contributed by atoms with E-state index < -0.39 is 0 Å². The van der Waals surface area contributed by atoms with Crippen molar-refractivity contribution in [1.82, 2.24) is 0 Å². The molecule has 0 aromatic carbocycles. The Morgan fingerprint density at radius 1 is 1.25 bits per heavy atom. The van der Waals surface area contributed by atoms with Gasteiger partial charge in [-0.05, 0) is 0 Å². The van der Waals surface area contributed by atoms with Gasteiger partial charge in [0.2, 0.25) is 0 Å². The number of hydrogen-bond acceptors (Lipinski definition) is 0. The van der Waals surface area contributed by atoms with Gasteiger partial charge in [0.15, 0.2) is 0 Å².